The Morgan fingerprint density at radius 1 is 1.19 bits per heavy atom. The van der Waals surface area contributed by atoms with Crippen LogP contribution in [0.25, 0.3) is 22.4 Å². The quantitative estimate of drug-likeness (QED) is 0.613. The molecular weight excluding hydrogens is 393 g/mol. The number of hydrogen-bond acceptors (Lipinski definition) is 4. The van der Waals surface area contributed by atoms with E-state index in [1.165, 1.54) is 6.20 Å². The van der Waals surface area contributed by atoms with Gasteiger partial charge in [-0.3, -0.25) is 0 Å². The first-order chi connectivity index (χ1) is 12.6. The minimum Gasteiger partial charge on any atom is -0.369 e. The molecule has 0 fully saturated rings. The summed E-state index contributed by atoms with van der Waals surface area (Å²) in [6.07, 6.45) is 7.91. The number of allylic oxidation sites excluding steroid dienone is 3. The predicted molar refractivity (Wildman–Crippen MR) is 107 cm³/mol. The maximum Gasteiger partial charge on any atom is 0.156 e. The maximum atomic E-state index is 6.28. The van der Waals surface area contributed by atoms with Crippen LogP contribution in [0.2, 0.25) is 5.15 Å². The Balaban J connectivity index is 1.55. The summed E-state index contributed by atoms with van der Waals surface area (Å²) < 4.78 is 0. The zero-order valence-electron chi connectivity index (χ0n) is 13.5. The van der Waals surface area contributed by atoms with E-state index in [1.807, 2.05) is 30.5 Å². The van der Waals surface area contributed by atoms with E-state index in [-0.39, 0.29) is 5.92 Å². The molecule has 1 aliphatic rings. The smallest absolute Gasteiger partial charge is 0.156 e. The van der Waals surface area contributed by atoms with Gasteiger partial charge >= 0.3 is 0 Å². The number of pyridine rings is 1. The van der Waals surface area contributed by atoms with Crippen molar-refractivity contribution in [3.63, 3.8) is 0 Å². The second-order valence-electron chi connectivity index (χ2n) is 5.93. The average molecular weight is 407 g/mol. The lowest BCUT2D eigenvalue weighted by Crippen LogP contribution is -2.16. The lowest BCUT2D eigenvalue weighted by Gasteiger charge is -2.19. The highest BCUT2D eigenvalue weighted by Gasteiger charge is 2.16. The molecule has 26 heavy (non-hydrogen) atoms. The molecule has 1 unspecified atom stereocenters. The van der Waals surface area contributed by atoms with Crippen molar-refractivity contribution in [1.29, 1.82) is 0 Å². The number of fused-ring (bicyclic) bond motifs is 1. The van der Waals surface area contributed by atoms with Gasteiger partial charge in [0.1, 0.15) is 16.5 Å². The minimum atomic E-state index is 0.183. The first kappa shape index (κ1) is 17.3. The van der Waals surface area contributed by atoms with E-state index in [1.54, 1.807) is 6.08 Å². The van der Waals surface area contributed by atoms with E-state index >= 15 is 0 Å². The van der Waals surface area contributed by atoms with E-state index in [4.69, 9.17) is 34.8 Å². The number of nitrogens with one attached hydrogen (secondary N) is 2. The Hall–Kier alpha value is -2.08. The Morgan fingerprint density at radius 2 is 2.08 bits per heavy atom. The highest BCUT2D eigenvalue weighted by atomic mass is 35.5. The van der Waals surface area contributed by atoms with Crippen LogP contribution in [0.4, 0.5) is 5.82 Å². The molecule has 1 aliphatic carbocycles. The third-order valence-electron chi connectivity index (χ3n) is 4.17. The predicted octanol–water partition coefficient (Wildman–Crippen LogP) is 5.35. The van der Waals surface area contributed by atoms with Gasteiger partial charge in [-0.2, -0.15) is 0 Å². The van der Waals surface area contributed by atoms with Crippen LogP contribution in [0.15, 0.2) is 52.8 Å². The van der Waals surface area contributed by atoms with Crippen molar-refractivity contribution in [3.8, 4) is 11.3 Å². The number of aromatic amines is 1. The number of hydrogen-bond donors (Lipinski definition) is 2. The number of aromatic nitrogens is 4. The number of H-pyrrole nitrogens is 1. The summed E-state index contributed by atoms with van der Waals surface area (Å²) >= 11 is 18.2. The fourth-order valence-electron chi connectivity index (χ4n) is 2.83. The molecule has 0 spiro atoms. The van der Waals surface area contributed by atoms with Gasteiger partial charge in [0, 0.05) is 34.3 Å². The van der Waals surface area contributed by atoms with Gasteiger partial charge in [0.25, 0.3) is 0 Å². The fourth-order valence-corrected chi connectivity index (χ4v) is 3.51. The molecule has 0 aliphatic heterocycles. The van der Waals surface area contributed by atoms with Crippen molar-refractivity contribution < 1.29 is 0 Å². The Labute approximate surface area is 165 Å². The molecule has 0 saturated heterocycles. The molecule has 8 heteroatoms. The molecule has 0 radical (unpaired) electrons. The van der Waals surface area contributed by atoms with E-state index in [0.29, 0.717) is 27.9 Å². The fraction of sp³-hybridized carbons (Fsp3) is 0.167. The number of rotatable bonds is 4. The molecule has 0 bridgehead atoms. The van der Waals surface area contributed by atoms with Crippen LogP contribution in [-0.2, 0) is 0 Å². The summed E-state index contributed by atoms with van der Waals surface area (Å²) in [6.45, 7) is 0.673. The molecule has 0 amide bonds. The van der Waals surface area contributed by atoms with E-state index < -0.39 is 0 Å². The number of anilines is 1. The van der Waals surface area contributed by atoms with Gasteiger partial charge < -0.3 is 10.3 Å². The molecule has 0 saturated carbocycles. The number of nitrogens with zero attached hydrogens (tertiary/aromatic N) is 3. The standard InChI is InChI=1S/C18H14Cl3N5/c19-11-5-4-10(13(20)6-11)7-22-16-3-1-2-14(25-16)12-8-23-18-17(12)26-15(21)9-24-18/h1-3,5-6,8-10H,4,7H2,(H,22,25)(H,23,24). The Bertz CT molecular complexity index is 1020. The zero-order chi connectivity index (χ0) is 18.1. The second-order valence-corrected chi connectivity index (χ2v) is 7.19. The van der Waals surface area contributed by atoms with Crippen molar-refractivity contribution >= 4 is 51.8 Å². The van der Waals surface area contributed by atoms with Crippen LogP contribution >= 0.6 is 34.8 Å². The molecule has 3 aromatic heterocycles. The SMILES string of the molecule is ClC1=CCC(CNc2cccc(-c3c[nH]c4ncc(Cl)nc34)n2)C(Cl)=C1. The minimum absolute atomic E-state index is 0.183. The van der Waals surface area contributed by atoms with Gasteiger partial charge in [-0.1, -0.05) is 46.9 Å². The summed E-state index contributed by atoms with van der Waals surface area (Å²) in [4.78, 5) is 16.3. The van der Waals surface area contributed by atoms with Crippen molar-refractivity contribution in [2.75, 3.05) is 11.9 Å². The van der Waals surface area contributed by atoms with Gasteiger partial charge in [-0.25, -0.2) is 15.0 Å². The van der Waals surface area contributed by atoms with Gasteiger partial charge in [0.2, 0.25) is 0 Å². The Kier molecular flexibility index (Phi) is 4.85. The van der Waals surface area contributed by atoms with Crippen LogP contribution in [0, 0.1) is 5.92 Å². The normalized spacial score (nSPS) is 17.1. The first-order valence-electron chi connectivity index (χ1n) is 8.04. The van der Waals surface area contributed by atoms with Gasteiger partial charge in [0.05, 0.1) is 11.9 Å². The lowest BCUT2D eigenvalue weighted by atomic mass is 10.0. The molecular formula is C18H14Cl3N5. The monoisotopic (exact) mass is 405 g/mol. The summed E-state index contributed by atoms with van der Waals surface area (Å²) in [6, 6.07) is 5.78. The summed E-state index contributed by atoms with van der Waals surface area (Å²) in [5, 5.41) is 5.12. The van der Waals surface area contributed by atoms with Crippen molar-refractivity contribution in [1.82, 2.24) is 19.9 Å². The third kappa shape index (κ3) is 3.56. The second kappa shape index (κ2) is 7.27. The number of halogens is 3. The molecule has 3 heterocycles. The van der Waals surface area contributed by atoms with Crippen LogP contribution in [0.5, 0.6) is 0 Å². The van der Waals surface area contributed by atoms with Gasteiger partial charge in [-0.05, 0) is 24.6 Å². The summed E-state index contributed by atoms with van der Waals surface area (Å²) in [5.41, 5.74) is 3.00. The van der Waals surface area contributed by atoms with E-state index in [9.17, 15) is 0 Å². The van der Waals surface area contributed by atoms with Gasteiger partial charge in [0.15, 0.2) is 5.65 Å². The van der Waals surface area contributed by atoms with Crippen molar-refractivity contribution in [2.24, 2.45) is 5.92 Å². The van der Waals surface area contributed by atoms with Crippen molar-refractivity contribution in [3.05, 3.63) is 58.0 Å². The lowest BCUT2D eigenvalue weighted by molar-refractivity contribution is 0.676. The van der Waals surface area contributed by atoms with Crippen LogP contribution < -0.4 is 5.32 Å². The van der Waals surface area contributed by atoms with E-state index in [2.05, 4.69) is 25.3 Å². The molecule has 4 rings (SSSR count). The largest absolute Gasteiger partial charge is 0.369 e. The first-order valence-corrected chi connectivity index (χ1v) is 9.17. The molecule has 2 N–H and O–H groups in total. The maximum absolute atomic E-state index is 6.28. The molecule has 132 valence electrons. The van der Waals surface area contributed by atoms with Gasteiger partial charge in [-0.15, -0.1) is 0 Å². The highest BCUT2D eigenvalue weighted by Crippen LogP contribution is 2.29. The molecule has 0 aromatic carbocycles. The van der Waals surface area contributed by atoms with Crippen LogP contribution in [0.1, 0.15) is 6.42 Å². The summed E-state index contributed by atoms with van der Waals surface area (Å²) in [7, 11) is 0. The van der Waals surface area contributed by atoms with E-state index in [0.717, 1.165) is 28.5 Å². The van der Waals surface area contributed by atoms with Crippen molar-refractivity contribution in [2.45, 2.75) is 6.42 Å². The topological polar surface area (TPSA) is 66.5 Å². The molecule has 5 nitrogen and oxygen atoms in total. The average Bonchev–Trinajstić information content (AvgIpc) is 3.04. The third-order valence-corrected chi connectivity index (χ3v) is 5.03. The van der Waals surface area contributed by atoms with Crippen LogP contribution in [0.3, 0.4) is 0 Å². The highest BCUT2D eigenvalue weighted by molar-refractivity contribution is 6.35. The Morgan fingerprint density at radius 3 is 2.92 bits per heavy atom. The molecule has 3 aromatic rings. The molecule has 1 atom stereocenters. The zero-order valence-corrected chi connectivity index (χ0v) is 15.8. The summed E-state index contributed by atoms with van der Waals surface area (Å²) in [5.74, 6) is 0.944. The van der Waals surface area contributed by atoms with Crippen LogP contribution in [-0.4, -0.2) is 26.5 Å².